The predicted molar refractivity (Wildman–Crippen MR) is 187 cm³/mol. The Bertz CT molecular complexity index is 1920. The highest BCUT2D eigenvalue weighted by molar-refractivity contribution is 8.32. The summed E-state index contributed by atoms with van der Waals surface area (Å²) in [5, 5.41) is 15.8. The number of benzene rings is 2. The summed E-state index contributed by atoms with van der Waals surface area (Å²) in [7, 11) is -0.803. The standard InChI is InChI=1S/C35H44F2N6O5S/c1-35(2,3)48-34(45)41-13-9-10-24(41)20-43-33(44)26-12-8-7-11-25(26)27(40-43)18-32-39-28-17-30(47-21-31(36)37)23(19-38)16-29(28)42(32)22-46-14-15-49(4,5)6/h7-8,11-12,16-17,24,31H,9-10,13-15,18,20-22H2,1-6H3. The van der Waals surface area contributed by atoms with Gasteiger partial charge in [0, 0.05) is 23.8 Å². The maximum atomic E-state index is 13.7. The van der Waals surface area contributed by atoms with Gasteiger partial charge in [0.1, 0.15) is 36.6 Å². The van der Waals surface area contributed by atoms with E-state index in [1.807, 2.05) is 43.5 Å². The highest BCUT2D eigenvalue weighted by atomic mass is 32.3. The molecule has 14 heteroatoms. The number of amides is 1. The minimum atomic E-state index is -2.70. The maximum absolute atomic E-state index is 13.7. The van der Waals surface area contributed by atoms with Gasteiger partial charge in [-0.05, 0) is 64.5 Å². The molecule has 11 nitrogen and oxygen atoms in total. The van der Waals surface area contributed by atoms with E-state index in [9.17, 15) is 23.6 Å². The average Bonchev–Trinajstić information content (AvgIpc) is 3.62. The van der Waals surface area contributed by atoms with Crippen molar-refractivity contribution in [3.8, 4) is 11.8 Å². The van der Waals surface area contributed by atoms with Gasteiger partial charge in [0.15, 0.2) is 0 Å². The molecule has 2 aromatic heterocycles. The Morgan fingerprint density at radius 1 is 1.16 bits per heavy atom. The van der Waals surface area contributed by atoms with Gasteiger partial charge in [0.25, 0.3) is 12.0 Å². The van der Waals surface area contributed by atoms with E-state index in [0.717, 1.165) is 12.2 Å². The molecule has 1 aliphatic heterocycles. The summed E-state index contributed by atoms with van der Waals surface area (Å²) in [6.45, 7) is 5.98. The minimum Gasteiger partial charge on any atom is -0.486 e. The highest BCUT2D eigenvalue weighted by Crippen LogP contribution is 2.34. The summed E-state index contributed by atoms with van der Waals surface area (Å²) >= 11 is 0. The third-order valence-corrected chi connectivity index (χ3v) is 9.52. The van der Waals surface area contributed by atoms with Crippen LogP contribution in [0.3, 0.4) is 0 Å². The first-order chi connectivity index (χ1) is 23.1. The Kier molecular flexibility index (Phi) is 10.8. The predicted octanol–water partition coefficient (Wildman–Crippen LogP) is 5.92. The number of carbonyl (C=O) groups excluding carboxylic acids is 1. The summed E-state index contributed by atoms with van der Waals surface area (Å²) in [5.74, 6) is 1.46. The summed E-state index contributed by atoms with van der Waals surface area (Å²) < 4.78 is 46.2. The molecule has 5 rings (SSSR count). The van der Waals surface area contributed by atoms with Gasteiger partial charge < -0.3 is 23.7 Å². The van der Waals surface area contributed by atoms with Crippen molar-refractivity contribution in [3.05, 3.63) is 63.8 Å². The van der Waals surface area contributed by atoms with E-state index in [0.29, 0.717) is 52.9 Å². The molecule has 0 spiro atoms. The number of aromatic nitrogens is 4. The van der Waals surface area contributed by atoms with Crippen LogP contribution in [0.4, 0.5) is 13.6 Å². The number of nitriles is 1. The Morgan fingerprint density at radius 3 is 2.57 bits per heavy atom. The Hall–Kier alpha value is -4.22. The number of hydrogen-bond donors (Lipinski definition) is 0. The van der Waals surface area contributed by atoms with Crippen molar-refractivity contribution in [2.75, 3.05) is 44.3 Å². The van der Waals surface area contributed by atoms with Gasteiger partial charge in [0.05, 0.1) is 53.3 Å². The molecule has 0 aliphatic carbocycles. The molecular formula is C35H44F2N6O5S. The van der Waals surface area contributed by atoms with Crippen molar-refractivity contribution >= 4 is 37.9 Å². The molecule has 49 heavy (non-hydrogen) atoms. The van der Waals surface area contributed by atoms with Crippen molar-refractivity contribution < 1.29 is 27.8 Å². The van der Waals surface area contributed by atoms with Crippen LogP contribution in [0.25, 0.3) is 21.8 Å². The fraction of sp³-hybridized carbons (Fsp3) is 0.514. The second kappa shape index (κ2) is 14.7. The third-order valence-electron chi connectivity index (χ3n) is 8.13. The zero-order valence-corrected chi connectivity index (χ0v) is 29.7. The fourth-order valence-corrected chi connectivity index (χ4v) is 6.42. The lowest BCUT2D eigenvalue weighted by atomic mass is 10.1. The largest absolute Gasteiger partial charge is 0.486 e. The van der Waals surface area contributed by atoms with Crippen LogP contribution < -0.4 is 10.3 Å². The van der Waals surface area contributed by atoms with Crippen LogP contribution in [0, 0.1) is 11.3 Å². The van der Waals surface area contributed by atoms with Crippen LogP contribution in [0.1, 0.15) is 50.7 Å². The molecule has 1 atom stereocenters. The molecule has 0 radical (unpaired) electrons. The smallest absolute Gasteiger partial charge is 0.410 e. The van der Waals surface area contributed by atoms with Crippen LogP contribution in [0.5, 0.6) is 5.75 Å². The molecule has 1 unspecified atom stereocenters. The van der Waals surface area contributed by atoms with Crippen LogP contribution in [-0.4, -0.2) is 92.7 Å². The fourth-order valence-electron chi connectivity index (χ4n) is 5.80. The molecule has 264 valence electrons. The van der Waals surface area contributed by atoms with Gasteiger partial charge in [-0.15, -0.1) is 0 Å². The number of hydrogen-bond acceptors (Lipinski definition) is 8. The molecule has 3 heterocycles. The molecule has 1 fully saturated rings. The van der Waals surface area contributed by atoms with E-state index >= 15 is 0 Å². The number of fused-ring (bicyclic) bond motifs is 2. The van der Waals surface area contributed by atoms with Crippen molar-refractivity contribution in [2.45, 2.75) is 71.4 Å². The SMILES string of the molecule is CC(C)(C)OC(=O)N1CCCC1Cn1nc(Cc2nc3cc(OCC(F)F)c(C#N)cc3n2COCCS(C)(C)C)c2ccccc2c1=O. The molecule has 0 N–H and O–H groups in total. The number of imidazole rings is 1. The summed E-state index contributed by atoms with van der Waals surface area (Å²) in [4.78, 5) is 33.3. The Balaban J connectivity index is 1.54. The van der Waals surface area contributed by atoms with Crippen molar-refractivity contribution in [1.29, 1.82) is 5.26 Å². The number of carbonyl (C=O) groups is 1. The molecule has 1 aliphatic rings. The molecular weight excluding hydrogens is 654 g/mol. The van der Waals surface area contributed by atoms with Crippen LogP contribution in [0.15, 0.2) is 41.2 Å². The molecule has 0 saturated carbocycles. The maximum Gasteiger partial charge on any atom is 0.410 e. The number of nitrogens with zero attached hydrogens (tertiary/aromatic N) is 6. The number of halogens is 2. The van der Waals surface area contributed by atoms with Gasteiger partial charge in [-0.2, -0.15) is 10.4 Å². The summed E-state index contributed by atoms with van der Waals surface area (Å²) in [6, 6.07) is 12.1. The van der Waals surface area contributed by atoms with Crippen molar-refractivity contribution in [2.24, 2.45) is 0 Å². The van der Waals surface area contributed by atoms with Gasteiger partial charge in [-0.25, -0.2) is 33.3 Å². The van der Waals surface area contributed by atoms with E-state index in [1.54, 1.807) is 23.1 Å². The number of alkyl halides is 2. The molecule has 0 bridgehead atoms. The molecule has 2 aromatic carbocycles. The monoisotopic (exact) mass is 698 g/mol. The molecule has 1 saturated heterocycles. The average molecular weight is 699 g/mol. The topological polar surface area (TPSA) is 125 Å². The number of likely N-dealkylation sites (tertiary alicyclic amines) is 1. The third kappa shape index (κ3) is 8.88. The number of rotatable bonds is 12. The van der Waals surface area contributed by atoms with Crippen LogP contribution >= 0.6 is 10.0 Å². The first kappa shape index (κ1) is 36.1. The lowest BCUT2D eigenvalue weighted by Gasteiger charge is -2.28. The second-order valence-electron chi connectivity index (χ2n) is 14.1. The van der Waals surface area contributed by atoms with E-state index in [2.05, 4.69) is 18.8 Å². The van der Waals surface area contributed by atoms with Crippen LogP contribution in [0.2, 0.25) is 0 Å². The molecule has 1 amide bonds. The van der Waals surface area contributed by atoms with Gasteiger partial charge in [-0.1, -0.05) is 18.2 Å². The highest BCUT2D eigenvalue weighted by Gasteiger charge is 2.33. The van der Waals surface area contributed by atoms with Crippen LogP contribution in [-0.2, 0) is 29.2 Å². The van der Waals surface area contributed by atoms with E-state index in [4.69, 9.17) is 24.3 Å². The first-order valence-electron chi connectivity index (χ1n) is 16.2. The zero-order valence-electron chi connectivity index (χ0n) is 28.9. The van der Waals surface area contributed by atoms with E-state index < -0.39 is 34.8 Å². The quantitative estimate of drug-likeness (QED) is 0.167. The number of ether oxygens (including phenoxy) is 3. The van der Waals surface area contributed by atoms with Crippen molar-refractivity contribution in [1.82, 2.24) is 24.2 Å². The summed E-state index contributed by atoms with van der Waals surface area (Å²) in [5.41, 5.74) is 0.792. The lowest BCUT2D eigenvalue weighted by molar-refractivity contribution is 0.0210. The Morgan fingerprint density at radius 2 is 1.90 bits per heavy atom. The second-order valence-corrected chi connectivity index (χ2v) is 18.7. The first-order valence-corrected chi connectivity index (χ1v) is 19.2. The zero-order chi connectivity index (χ0) is 35.5. The molecule has 4 aromatic rings. The van der Waals surface area contributed by atoms with Gasteiger partial charge in [-0.3, -0.25) is 4.79 Å². The normalized spacial score (nSPS) is 15.7. The van der Waals surface area contributed by atoms with Gasteiger partial charge in [0.2, 0.25) is 0 Å². The Labute approximate surface area is 286 Å². The van der Waals surface area contributed by atoms with Gasteiger partial charge >= 0.3 is 6.09 Å². The van der Waals surface area contributed by atoms with E-state index in [-0.39, 0.29) is 42.6 Å². The summed E-state index contributed by atoms with van der Waals surface area (Å²) in [6.07, 6.45) is 5.18. The minimum absolute atomic E-state index is 0.0204. The van der Waals surface area contributed by atoms with Crippen molar-refractivity contribution in [3.63, 3.8) is 0 Å². The van der Waals surface area contributed by atoms with E-state index in [1.165, 1.54) is 10.7 Å². The lowest BCUT2D eigenvalue weighted by Crippen LogP contribution is -2.43.